The molecule has 6 heteroatoms. The summed E-state index contributed by atoms with van der Waals surface area (Å²) in [5.74, 6) is 0.0518. The standard InChI is InChI=1S/C26H26N4OS/c1-18-28-24(17-32-18)21-12-10-19(11-13-21)14-26(31)29-23-8-5-9-25-22(23)15-27-30(25)16-20-6-3-2-4-7-20/h2-4,6-7,10-13,15,17,23H,5,8-9,14,16H2,1H3,(H,29,31). The molecule has 1 atom stereocenters. The second-order valence-electron chi connectivity index (χ2n) is 8.33. The van der Waals surface area contributed by atoms with E-state index >= 15 is 0 Å². The van der Waals surface area contributed by atoms with Gasteiger partial charge in [0.25, 0.3) is 0 Å². The molecule has 0 radical (unpaired) electrons. The Kier molecular flexibility index (Phi) is 5.86. The minimum absolute atomic E-state index is 0.0352. The number of nitrogens with zero attached hydrogens (tertiary/aromatic N) is 3. The van der Waals surface area contributed by atoms with Crippen molar-refractivity contribution in [2.75, 3.05) is 0 Å². The molecule has 1 aliphatic rings. The van der Waals surface area contributed by atoms with Gasteiger partial charge in [-0.1, -0.05) is 54.6 Å². The molecule has 2 aromatic heterocycles. The summed E-state index contributed by atoms with van der Waals surface area (Å²) in [4.78, 5) is 17.3. The molecule has 2 heterocycles. The molecule has 0 saturated carbocycles. The predicted octanol–water partition coefficient (Wildman–Crippen LogP) is 5.10. The molecule has 5 rings (SSSR count). The number of aryl methyl sites for hydroxylation is 1. The minimum atomic E-state index is 0.0352. The van der Waals surface area contributed by atoms with Crippen molar-refractivity contribution in [3.8, 4) is 11.3 Å². The maximum atomic E-state index is 12.8. The number of carbonyl (C=O) groups excluding carboxylic acids is 1. The van der Waals surface area contributed by atoms with Crippen molar-refractivity contribution < 1.29 is 4.79 Å². The van der Waals surface area contributed by atoms with E-state index in [2.05, 4.69) is 49.7 Å². The van der Waals surface area contributed by atoms with Crippen LogP contribution in [0.15, 0.2) is 66.2 Å². The zero-order valence-electron chi connectivity index (χ0n) is 18.1. The molecular formula is C26H26N4OS. The number of rotatable bonds is 6. The fourth-order valence-corrected chi connectivity index (χ4v) is 5.00. The molecule has 0 bridgehead atoms. The number of aromatic nitrogens is 3. The summed E-state index contributed by atoms with van der Waals surface area (Å²) >= 11 is 1.65. The summed E-state index contributed by atoms with van der Waals surface area (Å²) in [6.07, 6.45) is 5.33. The van der Waals surface area contributed by atoms with E-state index in [1.807, 2.05) is 43.5 Å². The van der Waals surface area contributed by atoms with E-state index in [-0.39, 0.29) is 11.9 Å². The van der Waals surface area contributed by atoms with Gasteiger partial charge < -0.3 is 5.32 Å². The van der Waals surface area contributed by atoms with Crippen molar-refractivity contribution in [1.82, 2.24) is 20.1 Å². The van der Waals surface area contributed by atoms with Crippen LogP contribution < -0.4 is 5.32 Å². The topological polar surface area (TPSA) is 59.8 Å². The van der Waals surface area contributed by atoms with E-state index in [1.165, 1.54) is 11.3 Å². The van der Waals surface area contributed by atoms with Crippen molar-refractivity contribution >= 4 is 17.2 Å². The van der Waals surface area contributed by atoms with Crippen LogP contribution in [-0.4, -0.2) is 20.7 Å². The Balaban J connectivity index is 1.24. The number of hydrogen-bond donors (Lipinski definition) is 1. The van der Waals surface area contributed by atoms with E-state index in [0.717, 1.165) is 53.2 Å². The van der Waals surface area contributed by atoms with E-state index < -0.39 is 0 Å². The molecule has 0 aliphatic heterocycles. The number of nitrogens with one attached hydrogen (secondary N) is 1. The summed E-state index contributed by atoms with van der Waals surface area (Å²) in [6, 6.07) is 18.6. The first-order valence-corrected chi connectivity index (χ1v) is 11.9. The normalized spacial score (nSPS) is 15.3. The second-order valence-corrected chi connectivity index (χ2v) is 9.39. The Hall–Kier alpha value is -3.25. The molecule has 5 nitrogen and oxygen atoms in total. The Morgan fingerprint density at radius 3 is 2.69 bits per heavy atom. The summed E-state index contributed by atoms with van der Waals surface area (Å²) in [5.41, 5.74) is 6.73. The average Bonchev–Trinajstić information content (AvgIpc) is 3.42. The van der Waals surface area contributed by atoms with Gasteiger partial charge in [-0.2, -0.15) is 5.10 Å². The highest BCUT2D eigenvalue weighted by Crippen LogP contribution is 2.30. The smallest absolute Gasteiger partial charge is 0.224 e. The summed E-state index contributed by atoms with van der Waals surface area (Å²) < 4.78 is 2.09. The maximum absolute atomic E-state index is 12.8. The van der Waals surface area contributed by atoms with Gasteiger partial charge in [-0.3, -0.25) is 9.48 Å². The fourth-order valence-electron chi connectivity index (χ4n) is 4.38. The fraction of sp³-hybridized carbons (Fsp3) is 0.269. The van der Waals surface area contributed by atoms with Gasteiger partial charge in [0.2, 0.25) is 5.91 Å². The lowest BCUT2D eigenvalue weighted by Gasteiger charge is -2.24. The first kappa shape index (κ1) is 20.6. The molecule has 1 aliphatic carbocycles. The van der Waals surface area contributed by atoms with Gasteiger partial charge in [0.15, 0.2) is 0 Å². The molecule has 32 heavy (non-hydrogen) atoms. The van der Waals surface area contributed by atoms with E-state index in [1.54, 1.807) is 11.3 Å². The molecule has 2 aromatic carbocycles. The Morgan fingerprint density at radius 1 is 1.12 bits per heavy atom. The van der Waals surface area contributed by atoms with Gasteiger partial charge in [0.05, 0.1) is 35.9 Å². The monoisotopic (exact) mass is 442 g/mol. The number of amides is 1. The van der Waals surface area contributed by atoms with Crippen LogP contribution in [0.1, 0.15) is 46.3 Å². The molecule has 162 valence electrons. The predicted molar refractivity (Wildman–Crippen MR) is 128 cm³/mol. The number of hydrogen-bond acceptors (Lipinski definition) is 4. The summed E-state index contributed by atoms with van der Waals surface area (Å²) in [5, 5.41) is 11.0. The molecule has 1 N–H and O–H groups in total. The van der Waals surface area contributed by atoms with Gasteiger partial charge in [-0.25, -0.2) is 4.98 Å². The van der Waals surface area contributed by atoms with E-state index in [9.17, 15) is 4.79 Å². The lowest BCUT2D eigenvalue weighted by molar-refractivity contribution is -0.121. The SMILES string of the molecule is Cc1nc(-c2ccc(CC(=O)NC3CCCc4c3cnn4Cc3ccccc3)cc2)cs1. The molecule has 0 spiro atoms. The lowest BCUT2D eigenvalue weighted by atomic mass is 9.92. The van der Waals surface area contributed by atoms with Crippen LogP contribution in [0.25, 0.3) is 11.3 Å². The van der Waals surface area contributed by atoms with Crippen LogP contribution in [0.3, 0.4) is 0 Å². The van der Waals surface area contributed by atoms with Crippen LogP contribution in [0.5, 0.6) is 0 Å². The van der Waals surface area contributed by atoms with Crippen molar-refractivity contribution in [3.05, 3.63) is 93.6 Å². The van der Waals surface area contributed by atoms with Gasteiger partial charge >= 0.3 is 0 Å². The number of carbonyl (C=O) groups is 1. The summed E-state index contributed by atoms with van der Waals surface area (Å²) in [7, 11) is 0. The minimum Gasteiger partial charge on any atom is -0.349 e. The Morgan fingerprint density at radius 2 is 1.94 bits per heavy atom. The second kappa shape index (κ2) is 9.09. The molecule has 0 saturated heterocycles. The first-order valence-electron chi connectivity index (χ1n) is 11.0. The molecule has 0 fully saturated rings. The number of thiazole rings is 1. The van der Waals surface area contributed by atoms with Crippen LogP contribution in [0.4, 0.5) is 0 Å². The number of fused-ring (bicyclic) bond motifs is 1. The van der Waals surface area contributed by atoms with Gasteiger partial charge in [-0.05, 0) is 37.3 Å². The largest absolute Gasteiger partial charge is 0.349 e. The highest BCUT2D eigenvalue weighted by molar-refractivity contribution is 7.09. The third-order valence-corrected chi connectivity index (χ3v) is 6.78. The van der Waals surface area contributed by atoms with Crippen molar-refractivity contribution in [2.24, 2.45) is 0 Å². The Bertz CT molecular complexity index is 1210. The molecule has 4 aromatic rings. The molecular weight excluding hydrogens is 416 g/mol. The van der Waals surface area contributed by atoms with Gasteiger partial charge in [0.1, 0.15) is 0 Å². The van der Waals surface area contributed by atoms with Crippen LogP contribution in [0, 0.1) is 6.92 Å². The third kappa shape index (κ3) is 4.50. The van der Waals surface area contributed by atoms with Crippen molar-refractivity contribution in [3.63, 3.8) is 0 Å². The Labute approximate surface area is 192 Å². The molecule has 1 amide bonds. The molecule has 1 unspecified atom stereocenters. The van der Waals surface area contributed by atoms with Crippen molar-refractivity contribution in [1.29, 1.82) is 0 Å². The van der Waals surface area contributed by atoms with E-state index in [4.69, 9.17) is 0 Å². The summed E-state index contributed by atoms with van der Waals surface area (Å²) in [6.45, 7) is 2.77. The highest BCUT2D eigenvalue weighted by Gasteiger charge is 2.25. The third-order valence-electron chi connectivity index (χ3n) is 6.01. The first-order chi connectivity index (χ1) is 15.7. The average molecular weight is 443 g/mol. The lowest BCUT2D eigenvalue weighted by Crippen LogP contribution is -2.32. The zero-order chi connectivity index (χ0) is 21.9. The van der Waals surface area contributed by atoms with Gasteiger partial charge in [0, 0.05) is 22.2 Å². The van der Waals surface area contributed by atoms with E-state index in [0.29, 0.717) is 6.42 Å². The highest BCUT2D eigenvalue weighted by atomic mass is 32.1. The van der Waals surface area contributed by atoms with Crippen molar-refractivity contribution in [2.45, 2.75) is 45.2 Å². The number of benzene rings is 2. The van der Waals surface area contributed by atoms with Crippen LogP contribution in [-0.2, 0) is 24.2 Å². The zero-order valence-corrected chi connectivity index (χ0v) is 18.9. The van der Waals surface area contributed by atoms with Crippen LogP contribution >= 0.6 is 11.3 Å². The van der Waals surface area contributed by atoms with Crippen LogP contribution in [0.2, 0.25) is 0 Å². The quantitative estimate of drug-likeness (QED) is 0.452. The maximum Gasteiger partial charge on any atom is 0.224 e. The van der Waals surface area contributed by atoms with Gasteiger partial charge in [-0.15, -0.1) is 11.3 Å².